The summed E-state index contributed by atoms with van der Waals surface area (Å²) < 4.78 is 1.98. The van der Waals surface area contributed by atoms with Crippen molar-refractivity contribution in [3.63, 3.8) is 0 Å². The van der Waals surface area contributed by atoms with Crippen molar-refractivity contribution in [3.8, 4) is 0 Å². The van der Waals surface area contributed by atoms with Gasteiger partial charge in [0.1, 0.15) is 12.4 Å². The number of rotatable bonds is 12. The highest BCUT2D eigenvalue weighted by molar-refractivity contribution is 5.79. The molecule has 0 radical (unpaired) electrons. The van der Waals surface area contributed by atoms with Crippen LogP contribution in [0.2, 0.25) is 0 Å². The zero-order chi connectivity index (χ0) is 20.9. The molecular formula is C22H37N7. The average molecular weight is 400 g/mol. The second-order valence-electron chi connectivity index (χ2n) is 7.41. The van der Waals surface area contributed by atoms with Gasteiger partial charge >= 0.3 is 0 Å². The Morgan fingerprint density at radius 1 is 1.03 bits per heavy atom. The van der Waals surface area contributed by atoms with Crippen LogP contribution in [0, 0.1) is 6.92 Å². The third-order valence-corrected chi connectivity index (χ3v) is 5.04. The van der Waals surface area contributed by atoms with Crippen molar-refractivity contribution in [3.05, 3.63) is 42.0 Å². The van der Waals surface area contributed by atoms with Crippen LogP contribution in [-0.2, 0) is 13.6 Å². The topological polar surface area (TPSA) is 70.4 Å². The number of aryl methyl sites for hydroxylation is 1. The predicted molar refractivity (Wildman–Crippen MR) is 121 cm³/mol. The number of aromatic nitrogens is 3. The van der Waals surface area contributed by atoms with Crippen molar-refractivity contribution < 1.29 is 0 Å². The highest BCUT2D eigenvalue weighted by atomic mass is 15.3. The first-order valence-corrected chi connectivity index (χ1v) is 10.7. The molecule has 1 aromatic heterocycles. The summed E-state index contributed by atoms with van der Waals surface area (Å²) in [7, 11) is 4.11. The fourth-order valence-corrected chi connectivity index (χ4v) is 3.01. The highest BCUT2D eigenvalue weighted by Gasteiger charge is 2.05. The molecule has 0 saturated heterocycles. The van der Waals surface area contributed by atoms with E-state index in [1.54, 1.807) is 0 Å². The van der Waals surface area contributed by atoms with Gasteiger partial charge in [-0.15, -0.1) is 10.2 Å². The zero-order valence-electron chi connectivity index (χ0n) is 18.5. The number of nitrogens with zero attached hydrogens (tertiary/aromatic N) is 5. The Morgan fingerprint density at radius 3 is 2.41 bits per heavy atom. The number of unbranched alkanes of at least 4 members (excludes halogenated alkanes) is 3. The van der Waals surface area contributed by atoms with Gasteiger partial charge in [-0.2, -0.15) is 0 Å². The van der Waals surface area contributed by atoms with Crippen molar-refractivity contribution in [2.45, 2.75) is 52.5 Å². The van der Waals surface area contributed by atoms with Crippen LogP contribution in [0.15, 0.2) is 35.3 Å². The summed E-state index contributed by atoms with van der Waals surface area (Å²) in [5.41, 5.74) is 1.24. The maximum absolute atomic E-state index is 4.72. The summed E-state index contributed by atoms with van der Waals surface area (Å²) >= 11 is 0. The van der Waals surface area contributed by atoms with Gasteiger partial charge in [-0.25, -0.2) is 4.99 Å². The Morgan fingerprint density at radius 2 is 1.76 bits per heavy atom. The van der Waals surface area contributed by atoms with Crippen molar-refractivity contribution in [2.75, 3.05) is 31.6 Å². The van der Waals surface area contributed by atoms with E-state index in [0.29, 0.717) is 6.54 Å². The van der Waals surface area contributed by atoms with Crippen LogP contribution in [-0.4, -0.2) is 47.4 Å². The molecule has 1 heterocycles. The van der Waals surface area contributed by atoms with Gasteiger partial charge in [0.25, 0.3) is 0 Å². The molecule has 7 heteroatoms. The molecule has 0 aliphatic heterocycles. The second kappa shape index (κ2) is 12.8. The predicted octanol–water partition coefficient (Wildman–Crippen LogP) is 3.27. The molecule has 0 unspecified atom stereocenters. The Bertz CT molecular complexity index is 724. The van der Waals surface area contributed by atoms with Crippen LogP contribution < -0.4 is 15.5 Å². The number of benzene rings is 1. The van der Waals surface area contributed by atoms with Crippen molar-refractivity contribution in [2.24, 2.45) is 12.0 Å². The molecule has 2 N–H and O–H groups in total. The number of anilines is 1. The van der Waals surface area contributed by atoms with E-state index in [9.17, 15) is 0 Å². The number of nitrogens with one attached hydrogen (secondary N) is 2. The molecule has 0 amide bonds. The van der Waals surface area contributed by atoms with E-state index in [2.05, 4.69) is 64.0 Å². The van der Waals surface area contributed by atoms with Gasteiger partial charge in [-0.05, 0) is 31.9 Å². The lowest BCUT2D eigenvalue weighted by molar-refractivity contribution is 0.642. The van der Waals surface area contributed by atoms with Gasteiger partial charge < -0.3 is 20.1 Å². The van der Waals surface area contributed by atoms with Crippen LogP contribution in [0.1, 0.15) is 50.7 Å². The van der Waals surface area contributed by atoms with Gasteiger partial charge in [0, 0.05) is 39.4 Å². The minimum absolute atomic E-state index is 0.519. The standard InChI is InChI=1S/C22H37N7/c1-5-6-7-11-15-23-22(25-18-21-27-26-19(2)29(21)4)24-16-12-17-28(3)20-13-9-8-10-14-20/h8-10,13-14H,5-7,11-12,15-18H2,1-4H3,(H2,23,24,25). The van der Waals surface area contributed by atoms with E-state index >= 15 is 0 Å². The molecule has 0 fully saturated rings. The van der Waals surface area contributed by atoms with Crippen molar-refractivity contribution >= 4 is 11.6 Å². The quantitative estimate of drug-likeness (QED) is 0.326. The van der Waals surface area contributed by atoms with E-state index in [0.717, 1.165) is 50.1 Å². The molecule has 0 aliphatic rings. The van der Waals surface area contributed by atoms with Gasteiger partial charge in [-0.3, -0.25) is 0 Å². The van der Waals surface area contributed by atoms with E-state index < -0.39 is 0 Å². The lowest BCUT2D eigenvalue weighted by Crippen LogP contribution is -2.39. The normalized spacial score (nSPS) is 11.5. The van der Waals surface area contributed by atoms with Gasteiger partial charge in [0.15, 0.2) is 11.8 Å². The summed E-state index contributed by atoms with van der Waals surface area (Å²) in [6, 6.07) is 10.5. The van der Waals surface area contributed by atoms with Crippen LogP contribution in [0.5, 0.6) is 0 Å². The van der Waals surface area contributed by atoms with Gasteiger partial charge in [0.05, 0.1) is 0 Å². The molecule has 0 aliphatic carbocycles. The zero-order valence-corrected chi connectivity index (χ0v) is 18.5. The van der Waals surface area contributed by atoms with Crippen LogP contribution in [0.3, 0.4) is 0 Å². The van der Waals surface area contributed by atoms with E-state index in [1.165, 1.54) is 24.9 Å². The maximum Gasteiger partial charge on any atom is 0.191 e. The first-order chi connectivity index (χ1) is 14.1. The SMILES string of the molecule is CCCCCCNC(=NCc1nnc(C)n1C)NCCCN(C)c1ccccc1. The van der Waals surface area contributed by atoms with Crippen LogP contribution in [0.25, 0.3) is 0 Å². The average Bonchev–Trinajstić information content (AvgIpc) is 3.06. The first kappa shape index (κ1) is 22.7. The highest BCUT2D eigenvalue weighted by Crippen LogP contribution is 2.10. The van der Waals surface area contributed by atoms with Crippen LogP contribution in [0.4, 0.5) is 5.69 Å². The number of para-hydroxylation sites is 1. The lowest BCUT2D eigenvalue weighted by atomic mass is 10.2. The Balaban J connectivity index is 1.81. The number of hydrogen-bond acceptors (Lipinski definition) is 4. The molecular weight excluding hydrogens is 362 g/mol. The molecule has 2 rings (SSSR count). The number of guanidine groups is 1. The Labute approximate surface area is 175 Å². The number of hydrogen-bond donors (Lipinski definition) is 2. The first-order valence-electron chi connectivity index (χ1n) is 10.7. The summed E-state index contributed by atoms with van der Waals surface area (Å²) in [4.78, 5) is 7.00. The Kier molecular flexibility index (Phi) is 10.0. The molecule has 7 nitrogen and oxygen atoms in total. The van der Waals surface area contributed by atoms with Gasteiger partial charge in [-0.1, -0.05) is 44.4 Å². The van der Waals surface area contributed by atoms with E-state index in [1.807, 2.05) is 24.6 Å². The van der Waals surface area contributed by atoms with Crippen molar-refractivity contribution in [1.82, 2.24) is 25.4 Å². The lowest BCUT2D eigenvalue weighted by Gasteiger charge is -2.19. The molecule has 0 bridgehead atoms. The molecule has 1 aromatic carbocycles. The minimum Gasteiger partial charge on any atom is -0.375 e. The minimum atomic E-state index is 0.519. The van der Waals surface area contributed by atoms with Crippen molar-refractivity contribution in [1.29, 1.82) is 0 Å². The second-order valence-corrected chi connectivity index (χ2v) is 7.41. The van der Waals surface area contributed by atoms with E-state index in [4.69, 9.17) is 4.99 Å². The molecule has 0 atom stereocenters. The maximum atomic E-state index is 4.72. The largest absolute Gasteiger partial charge is 0.375 e. The third kappa shape index (κ3) is 8.13. The summed E-state index contributed by atoms with van der Waals surface area (Å²) in [5.74, 6) is 2.63. The molecule has 160 valence electrons. The number of aliphatic imine (C=N–C) groups is 1. The summed E-state index contributed by atoms with van der Waals surface area (Å²) in [6.07, 6.45) is 5.98. The molecule has 0 spiro atoms. The molecule has 29 heavy (non-hydrogen) atoms. The van der Waals surface area contributed by atoms with Crippen LogP contribution >= 0.6 is 0 Å². The monoisotopic (exact) mass is 399 g/mol. The fourth-order valence-electron chi connectivity index (χ4n) is 3.01. The molecule has 2 aromatic rings. The summed E-state index contributed by atoms with van der Waals surface area (Å²) in [5, 5.41) is 15.2. The smallest absolute Gasteiger partial charge is 0.191 e. The Hall–Kier alpha value is -2.57. The fraction of sp³-hybridized carbons (Fsp3) is 0.591. The summed E-state index contributed by atoms with van der Waals surface area (Å²) in [6.45, 7) is 7.50. The van der Waals surface area contributed by atoms with Gasteiger partial charge in [0.2, 0.25) is 0 Å². The third-order valence-electron chi connectivity index (χ3n) is 5.04. The molecule has 0 saturated carbocycles. The van der Waals surface area contributed by atoms with E-state index in [-0.39, 0.29) is 0 Å².